The normalized spacial score (nSPS) is 18.3. The number of nitrogens with two attached hydrogens (primary N) is 1. The van der Waals surface area contributed by atoms with Gasteiger partial charge in [-0.05, 0) is 44.7 Å². The smallest absolute Gasteiger partial charge is 0.317 e. The number of carbonyl (C=O) groups excluding carboxylic acids is 3. The molecule has 1 aromatic heterocycles. The number of nitrogens with one attached hydrogen (secondary N) is 2. The molecule has 1 aromatic rings. The Bertz CT molecular complexity index is 738. The summed E-state index contributed by atoms with van der Waals surface area (Å²) < 4.78 is 6.18. The number of hydrogen-bond acceptors (Lipinski definition) is 5. The lowest BCUT2D eigenvalue weighted by atomic mass is 9.85. The summed E-state index contributed by atoms with van der Waals surface area (Å²) >= 11 is 1.41. The molecule has 27 heavy (non-hydrogen) atoms. The first-order valence-electron chi connectivity index (χ1n) is 9.20. The third-order valence-corrected chi connectivity index (χ3v) is 6.25. The summed E-state index contributed by atoms with van der Waals surface area (Å²) in [6.45, 7) is 5.53. The van der Waals surface area contributed by atoms with Gasteiger partial charge in [-0.1, -0.05) is 0 Å². The molecule has 0 unspecified atom stereocenters. The summed E-state index contributed by atoms with van der Waals surface area (Å²) in [7, 11) is 0. The number of ether oxygens (including phenoxy) is 1. The Hall–Kier alpha value is -2.13. The van der Waals surface area contributed by atoms with Gasteiger partial charge in [-0.3, -0.25) is 9.59 Å². The molecule has 0 aliphatic carbocycles. The van der Waals surface area contributed by atoms with E-state index in [0.29, 0.717) is 37.4 Å². The van der Waals surface area contributed by atoms with Crippen molar-refractivity contribution in [3.05, 3.63) is 21.4 Å². The van der Waals surface area contributed by atoms with Crippen LogP contribution in [-0.4, -0.2) is 55.0 Å². The van der Waals surface area contributed by atoms with Crippen molar-refractivity contribution in [2.24, 2.45) is 5.73 Å². The molecule has 3 heterocycles. The first-order valence-corrected chi connectivity index (χ1v) is 10.0. The highest BCUT2D eigenvalue weighted by Crippen LogP contribution is 2.45. The van der Waals surface area contributed by atoms with Crippen molar-refractivity contribution in [1.82, 2.24) is 15.5 Å². The van der Waals surface area contributed by atoms with Gasteiger partial charge in [-0.2, -0.15) is 0 Å². The largest absolute Gasteiger partial charge is 0.369 e. The average molecular weight is 394 g/mol. The Labute approximate surface area is 162 Å². The van der Waals surface area contributed by atoms with Crippen molar-refractivity contribution in [2.75, 3.05) is 26.2 Å². The monoisotopic (exact) mass is 394 g/mol. The molecule has 4 amide bonds. The van der Waals surface area contributed by atoms with Gasteiger partial charge in [0.15, 0.2) is 0 Å². The fourth-order valence-corrected chi connectivity index (χ4v) is 4.90. The number of piperidine rings is 1. The van der Waals surface area contributed by atoms with Crippen molar-refractivity contribution in [2.45, 2.75) is 44.8 Å². The number of fused-ring (bicyclic) bond motifs is 2. The van der Waals surface area contributed by atoms with Crippen LogP contribution in [0.1, 0.15) is 46.8 Å². The van der Waals surface area contributed by atoms with Crippen molar-refractivity contribution < 1.29 is 19.1 Å². The summed E-state index contributed by atoms with van der Waals surface area (Å²) in [5.74, 6) is -0.867. The number of amides is 4. The first kappa shape index (κ1) is 19.6. The van der Waals surface area contributed by atoms with E-state index in [2.05, 4.69) is 10.6 Å². The van der Waals surface area contributed by atoms with Crippen LogP contribution in [0.25, 0.3) is 0 Å². The summed E-state index contributed by atoms with van der Waals surface area (Å²) in [4.78, 5) is 38.8. The molecular formula is C18H26N4O4S. The minimum Gasteiger partial charge on any atom is -0.369 e. The average Bonchev–Trinajstić information content (AvgIpc) is 3.06. The molecule has 0 bridgehead atoms. The van der Waals surface area contributed by atoms with Crippen LogP contribution in [-0.2, 0) is 21.6 Å². The van der Waals surface area contributed by atoms with Crippen LogP contribution < -0.4 is 16.4 Å². The predicted molar refractivity (Wildman–Crippen MR) is 102 cm³/mol. The molecule has 0 saturated carbocycles. The lowest BCUT2D eigenvalue weighted by molar-refractivity contribution is -0.117. The van der Waals surface area contributed by atoms with Gasteiger partial charge in [0.05, 0.1) is 18.0 Å². The van der Waals surface area contributed by atoms with Crippen molar-refractivity contribution >= 4 is 29.2 Å². The second kappa shape index (κ2) is 7.85. The van der Waals surface area contributed by atoms with Gasteiger partial charge in [0.25, 0.3) is 5.91 Å². The molecule has 4 N–H and O–H groups in total. The van der Waals surface area contributed by atoms with Crippen LogP contribution in [0.3, 0.4) is 0 Å². The topological polar surface area (TPSA) is 114 Å². The maximum absolute atomic E-state index is 12.3. The minimum atomic E-state index is -0.573. The van der Waals surface area contributed by atoms with Crippen LogP contribution in [0.5, 0.6) is 0 Å². The number of likely N-dealkylation sites (tertiary alicyclic amines) is 1. The SMILES string of the molecule is CC(C)NC(=O)N1CCC2(CC1)OCCc1cc(C(=O)NCC(N)=O)sc12. The number of thiophene rings is 1. The lowest BCUT2D eigenvalue weighted by Crippen LogP contribution is -2.51. The molecular weight excluding hydrogens is 368 g/mol. The van der Waals surface area contributed by atoms with Gasteiger partial charge in [-0.15, -0.1) is 11.3 Å². The molecule has 0 aromatic carbocycles. The lowest BCUT2D eigenvalue weighted by Gasteiger charge is -2.43. The van der Waals surface area contributed by atoms with E-state index < -0.39 is 11.5 Å². The van der Waals surface area contributed by atoms with Crippen LogP contribution in [0.2, 0.25) is 0 Å². The second-order valence-electron chi connectivity index (χ2n) is 7.30. The number of rotatable bonds is 4. The zero-order chi connectivity index (χ0) is 19.6. The standard InChI is InChI=1S/C18H26N4O4S/c1-11(2)21-17(25)22-6-4-18(5-7-22)15-12(3-8-26-18)9-13(27-15)16(24)20-10-14(19)23/h9,11H,3-8,10H2,1-2H3,(H2,19,23)(H,20,24)(H,21,25). The zero-order valence-electron chi connectivity index (χ0n) is 15.7. The number of nitrogens with zero attached hydrogens (tertiary/aromatic N) is 1. The molecule has 2 aliphatic heterocycles. The molecule has 9 heteroatoms. The maximum atomic E-state index is 12.3. The van der Waals surface area contributed by atoms with E-state index in [0.717, 1.165) is 16.9 Å². The zero-order valence-corrected chi connectivity index (χ0v) is 16.5. The molecule has 1 fully saturated rings. The Morgan fingerprint density at radius 2 is 2.04 bits per heavy atom. The van der Waals surface area contributed by atoms with Gasteiger partial charge in [0, 0.05) is 24.0 Å². The van der Waals surface area contributed by atoms with E-state index in [1.54, 1.807) is 0 Å². The molecule has 1 saturated heterocycles. The van der Waals surface area contributed by atoms with Crippen molar-refractivity contribution in [3.63, 3.8) is 0 Å². The van der Waals surface area contributed by atoms with E-state index in [9.17, 15) is 14.4 Å². The highest BCUT2D eigenvalue weighted by Gasteiger charge is 2.43. The molecule has 0 radical (unpaired) electrons. The number of urea groups is 1. The number of primary amides is 1. The highest BCUT2D eigenvalue weighted by molar-refractivity contribution is 7.14. The second-order valence-corrected chi connectivity index (χ2v) is 8.35. The Morgan fingerprint density at radius 3 is 2.67 bits per heavy atom. The van der Waals surface area contributed by atoms with Gasteiger partial charge in [0.2, 0.25) is 5.91 Å². The minimum absolute atomic E-state index is 0.0476. The fourth-order valence-electron chi connectivity index (χ4n) is 3.57. The van der Waals surface area contributed by atoms with Crippen LogP contribution >= 0.6 is 11.3 Å². The van der Waals surface area contributed by atoms with Gasteiger partial charge >= 0.3 is 6.03 Å². The molecule has 148 valence electrons. The summed E-state index contributed by atoms with van der Waals surface area (Å²) in [5.41, 5.74) is 5.77. The molecule has 8 nitrogen and oxygen atoms in total. The quantitative estimate of drug-likeness (QED) is 0.705. The van der Waals surface area contributed by atoms with Gasteiger partial charge in [-0.25, -0.2) is 4.79 Å². The Balaban J connectivity index is 1.72. The van der Waals surface area contributed by atoms with Crippen molar-refractivity contribution in [3.8, 4) is 0 Å². The summed E-state index contributed by atoms with van der Waals surface area (Å²) in [5, 5.41) is 5.46. The summed E-state index contributed by atoms with van der Waals surface area (Å²) in [6.07, 6.45) is 2.16. The third-order valence-electron chi connectivity index (χ3n) is 4.89. The highest BCUT2D eigenvalue weighted by atomic mass is 32.1. The fraction of sp³-hybridized carbons (Fsp3) is 0.611. The third kappa shape index (κ3) is 4.24. The van der Waals surface area contributed by atoms with Crippen LogP contribution in [0, 0.1) is 0 Å². The first-order chi connectivity index (χ1) is 12.8. The Morgan fingerprint density at radius 1 is 1.33 bits per heavy atom. The number of carbonyl (C=O) groups is 3. The van der Waals surface area contributed by atoms with Crippen LogP contribution in [0.15, 0.2) is 6.07 Å². The molecule has 0 atom stereocenters. The van der Waals surface area contributed by atoms with E-state index in [4.69, 9.17) is 10.5 Å². The van der Waals surface area contributed by atoms with Gasteiger partial charge in [0.1, 0.15) is 5.60 Å². The predicted octanol–water partition coefficient (Wildman–Crippen LogP) is 0.945. The molecule has 2 aliphatic rings. The van der Waals surface area contributed by atoms with Gasteiger partial charge < -0.3 is 26.0 Å². The molecule has 1 spiro atoms. The van der Waals surface area contributed by atoms with E-state index in [1.807, 2.05) is 24.8 Å². The van der Waals surface area contributed by atoms with E-state index in [1.165, 1.54) is 11.3 Å². The van der Waals surface area contributed by atoms with E-state index in [-0.39, 0.29) is 24.5 Å². The van der Waals surface area contributed by atoms with Crippen LogP contribution in [0.4, 0.5) is 4.79 Å². The Kier molecular flexibility index (Phi) is 5.71. The molecule has 3 rings (SSSR count). The summed E-state index contributed by atoms with van der Waals surface area (Å²) in [6, 6.07) is 1.94. The van der Waals surface area contributed by atoms with Crippen molar-refractivity contribution in [1.29, 1.82) is 0 Å². The van der Waals surface area contributed by atoms with E-state index >= 15 is 0 Å². The number of hydrogen-bond donors (Lipinski definition) is 3. The maximum Gasteiger partial charge on any atom is 0.317 e.